The van der Waals surface area contributed by atoms with E-state index in [9.17, 15) is 9.90 Å². The fraction of sp³-hybridized carbons (Fsp3) is 0.465. The maximum absolute atomic E-state index is 12.2. The molecule has 4 aromatic rings. The first-order valence-corrected chi connectivity index (χ1v) is 17.7. The zero-order valence-corrected chi connectivity index (χ0v) is 33.1. The van der Waals surface area contributed by atoms with Gasteiger partial charge in [0.25, 0.3) is 0 Å². The number of carbonyl (C=O) groups excluding carboxylic acids is 1. The molecule has 0 atom stereocenters. The van der Waals surface area contributed by atoms with E-state index >= 15 is 0 Å². The number of hydrogen-bond donors (Lipinski definition) is 1. The summed E-state index contributed by atoms with van der Waals surface area (Å²) in [5.74, 6) is 1.18. The van der Waals surface area contributed by atoms with Crippen LogP contribution in [0.2, 0.25) is 0 Å². The molecule has 2 aromatic carbocycles. The molecule has 0 fully saturated rings. The van der Waals surface area contributed by atoms with Gasteiger partial charge in [-0.1, -0.05) is 104 Å². The monoisotopic (exact) mass is 824 g/mol. The van der Waals surface area contributed by atoms with Crippen LogP contribution in [0.15, 0.2) is 66.6 Å². The number of allylic oxidation sites excluding steroid dienone is 2. The first-order chi connectivity index (χ1) is 22.3. The molecule has 0 aliphatic heterocycles. The SMILES string of the molecule is CC(C)c1ccc2c(n1)CCc1c-2ccnc1-c1[c-]c2ccccc2c(C(C)C)c1.CCC(C)(CC)C(=O)/C=C(\O)C(C)(CC)CC.[Ir]. The van der Waals surface area contributed by atoms with Crippen molar-refractivity contribution in [1.82, 2.24) is 9.97 Å². The summed E-state index contributed by atoms with van der Waals surface area (Å²) in [5, 5.41) is 12.6. The van der Waals surface area contributed by atoms with E-state index in [0.29, 0.717) is 11.8 Å². The molecule has 2 aromatic heterocycles. The van der Waals surface area contributed by atoms with Crippen LogP contribution in [0.3, 0.4) is 0 Å². The zero-order valence-electron chi connectivity index (χ0n) is 30.8. The van der Waals surface area contributed by atoms with E-state index in [4.69, 9.17) is 9.97 Å². The van der Waals surface area contributed by atoms with Crippen molar-refractivity contribution >= 4 is 16.6 Å². The molecule has 1 aliphatic rings. The summed E-state index contributed by atoms with van der Waals surface area (Å²) >= 11 is 0. The molecule has 1 aliphatic carbocycles. The number of carbonyl (C=O) groups is 1. The van der Waals surface area contributed by atoms with Gasteiger partial charge in [0.2, 0.25) is 0 Å². The minimum atomic E-state index is -0.337. The molecule has 0 amide bonds. The Morgan fingerprint density at radius 2 is 1.52 bits per heavy atom. The number of aromatic nitrogens is 2. The van der Waals surface area contributed by atoms with E-state index < -0.39 is 0 Å². The molecule has 4 nitrogen and oxygen atoms in total. The second kappa shape index (κ2) is 16.5. The van der Waals surface area contributed by atoms with E-state index in [0.717, 1.165) is 55.2 Å². The van der Waals surface area contributed by atoms with Gasteiger partial charge < -0.3 is 5.11 Å². The maximum Gasteiger partial charge on any atom is 0.164 e. The quantitative estimate of drug-likeness (QED) is 0.0983. The van der Waals surface area contributed by atoms with E-state index in [2.05, 4.69) is 82.3 Å². The molecular formula is C43H55IrN2O2-. The number of nitrogens with zero attached hydrogens (tertiary/aromatic N) is 2. The predicted octanol–water partition coefficient (Wildman–Crippen LogP) is 11.8. The number of rotatable bonds is 10. The summed E-state index contributed by atoms with van der Waals surface area (Å²) in [6, 6.07) is 21.1. The number of aryl methyl sites for hydroxylation is 1. The minimum absolute atomic E-state index is 0. The molecule has 2 heterocycles. The third-order valence-corrected chi connectivity index (χ3v) is 10.8. The third kappa shape index (κ3) is 8.17. The number of aliphatic hydroxyl groups is 1. The molecule has 0 unspecified atom stereocenters. The van der Waals surface area contributed by atoms with Crippen LogP contribution < -0.4 is 0 Å². The van der Waals surface area contributed by atoms with Gasteiger partial charge in [-0.15, -0.1) is 29.1 Å². The van der Waals surface area contributed by atoms with Crippen molar-refractivity contribution in [2.45, 2.75) is 120 Å². The minimum Gasteiger partial charge on any atom is -0.512 e. The Kier molecular flexibility index (Phi) is 13.5. The van der Waals surface area contributed by atoms with E-state index in [1.54, 1.807) is 0 Å². The van der Waals surface area contributed by atoms with Gasteiger partial charge in [0.15, 0.2) is 5.78 Å². The van der Waals surface area contributed by atoms with Crippen LogP contribution in [0.1, 0.15) is 129 Å². The predicted molar refractivity (Wildman–Crippen MR) is 198 cm³/mol. The Morgan fingerprint density at radius 3 is 2.12 bits per heavy atom. The molecule has 0 spiro atoms. The van der Waals surface area contributed by atoms with Crippen molar-refractivity contribution in [3.8, 4) is 22.4 Å². The Labute approximate surface area is 303 Å². The van der Waals surface area contributed by atoms with Crippen LogP contribution in [0.4, 0.5) is 0 Å². The topological polar surface area (TPSA) is 63.1 Å². The van der Waals surface area contributed by atoms with Crippen molar-refractivity contribution in [3.63, 3.8) is 0 Å². The molecule has 1 radical (unpaired) electrons. The molecule has 0 saturated heterocycles. The maximum atomic E-state index is 12.2. The van der Waals surface area contributed by atoms with Gasteiger partial charge in [-0.2, -0.15) is 0 Å². The van der Waals surface area contributed by atoms with Gasteiger partial charge in [0, 0.05) is 65.9 Å². The van der Waals surface area contributed by atoms with Crippen LogP contribution in [0.5, 0.6) is 0 Å². The summed E-state index contributed by atoms with van der Waals surface area (Å²) < 4.78 is 0. The van der Waals surface area contributed by atoms with Crippen LogP contribution in [0, 0.1) is 16.9 Å². The second-order valence-electron chi connectivity index (χ2n) is 14.3. The zero-order chi connectivity index (χ0) is 34.5. The summed E-state index contributed by atoms with van der Waals surface area (Å²) in [4.78, 5) is 22.0. The molecular weight excluding hydrogens is 769 g/mol. The summed E-state index contributed by atoms with van der Waals surface area (Å²) in [6.45, 7) is 21.0. The van der Waals surface area contributed by atoms with Gasteiger partial charge in [0.05, 0.1) is 0 Å². The number of benzene rings is 2. The standard InChI is InChI=1S/C28H27N2.C15H28O2.Ir/c1-17(2)25-16-20(15-19-7-5-6-8-21(19)25)28-24-10-12-27-23(22(24)13-14-29-28)9-11-26(30-27)18(3)4;1-7-14(5,8-2)12(16)11-13(17)15(6,9-3)10-4;/h5-9,11,13-14,16-18H,10,12H2,1-4H3;11,16H,7-10H2,1-6H3;/q-1;;/b;12-11-;. The van der Waals surface area contributed by atoms with Gasteiger partial charge in [-0.25, -0.2) is 0 Å². The smallest absolute Gasteiger partial charge is 0.164 e. The van der Waals surface area contributed by atoms with E-state index in [1.165, 1.54) is 45.1 Å². The number of hydrogen-bond acceptors (Lipinski definition) is 4. The third-order valence-electron chi connectivity index (χ3n) is 10.8. The number of pyridine rings is 2. The fourth-order valence-electron chi connectivity index (χ4n) is 6.30. The van der Waals surface area contributed by atoms with Crippen molar-refractivity contribution < 1.29 is 30.0 Å². The number of ketones is 1. The van der Waals surface area contributed by atoms with Crippen LogP contribution >= 0.6 is 0 Å². The first kappa shape index (κ1) is 39.3. The fourth-order valence-corrected chi connectivity index (χ4v) is 6.30. The molecule has 1 N–H and O–H groups in total. The van der Waals surface area contributed by atoms with Crippen molar-refractivity contribution in [2.24, 2.45) is 10.8 Å². The Morgan fingerprint density at radius 1 is 0.875 bits per heavy atom. The van der Waals surface area contributed by atoms with Crippen LogP contribution in [0.25, 0.3) is 33.2 Å². The average molecular weight is 824 g/mol. The largest absolute Gasteiger partial charge is 0.512 e. The molecule has 48 heavy (non-hydrogen) atoms. The van der Waals surface area contributed by atoms with Crippen molar-refractivity contribution in [3.05, 3.63) is 95.1 Å². The van der Waals surface area contributed by atoms with Crippen LogP contribution in [-0.4, -0.2) is 20.9 Å². The van der Waals surface area contributed by atoms with Crippen molar-refractivity contribution in [2.75, 3.05) is 0 Å². The summed E-state index contributed by atoms with van der Waals surface area (Å²) in [7, 11) is 0. The Bertz CT molecular complexity index is 1750. The molecule has 5 rings (SSSR count). The second-order valence-corrected chi connectivity index (χ2v) is 14.3. The normalized spacial score (nSPS) is 13.0. The Hall–Kier alpha value is -3.14. The summed E-state index contributed by atoms with van der Waals surface area (Å²) in [6.07, 6.45) is 8.63. The van der Waals surface area contributed by atoms with E-state index in [1.807, 2.05) is 47.7 Å². The summed E-state index contributed by atoms with van der Waals surface area (Å²) in [5.41, 5.74) is 9.18. The van der Waals surface area contributed by atoms with Gasteiger partial charge in [0.1, 0.15) is 5.76 Å². The van der Waals surface area contributed by atoms with Crippen molar-refractivity contribution in [1.29, 1.82) is 0 Å². The molecule has 0 bridgehead atoms. The van der Waals surface area contributed by atoms with Gasteiger partial charge in [-0.05, 0) is 73.6 Å². The van der Waals surface area contributed by atoms with Crippen LogP contribution in [-0.2, 0) is 37.7 Å². The van der Waals surface area contributed by atoms with Gasteiger partial charge >= 0.3 is 0 Å². The number of fused-ring (bicyclic) bond motifs is 4. The molecule has 259 valence electrons. The average Bonchev–Trinajstić information content (AvgIpc) is 3.09. The number of aliphatic hydroxyl groups excluding tert-OH is 1. The molecule has 5 heteroatoms. The first-order valence-electron chi connectivity index (χ1n) is 17.7. The van der Waals surface area contributed by atoms with Gasteiger partial charge in [-0.3, -0.25) is 14.8 Å². The Balaban J connectivity index is 0.000000301. The molecule has 0 saturated carbocycles. The van der Waals surface area contributed by atoms with E-state index in [-0.39, 0.29) is 42.5 Å².